The lowest BCUT2D eigenvalue weighted by molar-refractivity contribution is 0.0914. The summed E-state index contributed by atoms with van der Waals surface area (Å²) in [6.07, 6.45) is 5.29. The van der Waals surface area contributed by atoms with Crippen LogP contribution in [0.4, 0.5) is 0 Å². The van der Waals surface area contributed by atoms with Crippen LogP contribution >= 0.6 is 0 Å². The van der Waals surface area contributed by atoms with E-state index in [2.05, 4.69) is 12.2 Å². The fraction of sp³-hybridized carbons (Fsp3) is 0.682. The Labute approximate surface area is 162 Å². The summed E-state index contributed by atoms with van der Waals surface area (Å²) in [5.74, 6) is 3.87. The van der Waals surface area contributed by atoms with Gasteiger partial charge in [-0.2, -0.15) is 0 Å². The van der Waals surface area contributed by atoms with Crippen LogP contribution in [0.3, 0.4) is 0 Å². The molecule has 27 heavy (non-hydrogen) atoms. The minimum atomic E-state index is -0.0739. The van der Waals surface area contributed by atoms with E-state index < -0.39 is 0 Å². The van der Waals surface area contributed by atoms with E-state index in [0.29, 0.717) is 48.6 Å². The SMILES string of the molecule is CCOc1cc(C(=O)N[C@@H](C)[C@H]2C[C@@H]3CC[C@H]2C3)cc(OCC)c1OCC. The maximum Gasteiger partial charge on any atom is 0.251 e. The molecule has 150 valence electrons. The average molecular weight is 376 g/mol. The van der Waals surface area contributed by atoms with E-state index in [0.717, 1.165) is 11.8 Å². The van der Waals surface area contributed by atoms with Crippen LogP contribution in [0, 0.1) is 17.8 Å². The van der Waals surface area contributed by atoms with Gasteiger partial charge in [-0.3, -0.25) is 4.79 Å². The molecule has 0 unspecified atom stereocenters. The number of benzene rings is 1. The Hall–Kier alpha value is -1.91. The summed E-state index contributed by atoms with van der Waals surface area (Å²) in [5.41, 5.74) is 0.556. The lowest BCUT2D eigenvalue weighted by Crippen LogP contribution is -2.40. The quantitative estimate of drug-likeness (QED) is 0.693. The predicted molar refractivity (Wildman–Crippen MR) is 106 cm³/mol. The molecule has 0 saturated heterocycles. The molecule has 3 rings (SSSR count). The molecule has 2 saturated carbocycles. The first-order chi connectivity index (χ1) is 13.1. The minimum absolute atomic E-state index is 0.0739. The largest absolute Gasteiger partial charge is 0.490 e. The van der Waals surface area contributed by atoms with Gasteiger partial charge in [0.05, 0.1) is 19.8 Å². The van der Waals surface area contributed by atoms with Crippen molar-refractivity contribution in [3.8, 4) is 17.2 Å². The van der Waals surface area contributed by atoms with E-state index in [-0.39, 0.29) is 11.9 Å². The van der Waals surface area contributed by atoms with Gasteiger partial charge in [0.15, 0.2) is 11.5 Å². The Balaban J connectivity index is 1.78. The van der Waals surface area contributed by atoms with Gasteiger partial charge in [0.1, 0.15) is 0 Å². The van der Waals surface area contributed by atoms with Crippen LogP contribution < -0.4 is 19.5 Å². The minimum Gasteiger partial charge on any atom is -0.490 e. The second-order valence-electron chi connectivity index (χ2n) is 7.70. The highest BCUT2D eigenvalue weighted by molar-refractivity contribution is 5.95. The Morgan fingerprint density at radius 3 is 2.15 bits per heavy atom. The van der Waals surface area contributed by atoms with Crippen molar-refractivity contribution in [3.05, 3.63) is 17.7 Å². The predicted octanol–water partition coefficient (Wildman–Crippen LogP) is 4.44. The van der Waals surface area contributed by atoms with E-state index in [1.165, 1.54) is 25.7 Å². The summed E-state index contributed by atoms with van der Waals surface area (Å²) < 4.78 is 17.2. The van der Waals surface area contributed by atoms with Gasteiger partial charge in [0.2, 0.25) is 5.75 Å². The molecular formula is C22H33NO4. The molecule has 2 aliphatic rings. The normalized spacial score (nSPS) is 24.5. The number of hydrogen-bond donors (Lipinski definition) is 1. The van der Waals surface area contributed by atoms with E-state index in [1.54, 1.807) is 12.1 Å². The molecule has 2 aliphatic carbocycles. The van der Waals surface area contributed by atoms with Crippen LogP contribution in [0.1, 0.15) is 63.7 Å². The van der Waals surface area contributed by atoms with Crippen molar-refractivity contribution in [2.75, 3.05) is 19.8 Å². The number of fused-ring (bicyclic) bond motifs is 2. The third kappa shape index (κ3) is 4.33. The van der Waals surface area contributed by atoms with Gasteiger partial charge >= 0.3 is 0 Å². The molecule has 1 aromatic rings. The molecule has 2 bridgehead atoms. The highest BCUT2D eigenvalue weighted by Gasteiger charge is 2.42. The Morgan fingerprint density at radius 2 is 1.67 bits per heavy atom. The maximum absolute atomic E-state index is 12.9. The first kappa shape index (κ1) is 19.8. The smallest absolute Gasteiger partial charge is 0.251 e. The van der Waals surface area contributed by atoms with Crippen molar-refractivity contribution < 1.29 is 19.0 Å². The van der Waals surface area contributed by atoms with Gasteiger partial charge < -0.3 is 19.5 Å². The first-order valence-electron chi connectivity index (χ1n) is 10.4. The molecule has 2 fully saturated rings. The molecule has 4 atom stereocenters. The average Bonchev–Trinajstić information content (AvgIpc) is 3.28. The van der Waals surface area contributed by atoms with Crippen LogP contribution in [-0.2, 0) is 0 Å². The second kappa shape index (κ2) is 8.85. The lowest BCUT2D eigenvalue weighted by Gasteiger charge is -2.28. The van der Waals surface area contributed by atoms with Gasteiger partial charge in [-0.1, -0.05) is 6.42 Å². The first-order valence-corrected chi connectivity index (χ1v) is 10.4. The number of nitrogens with one attached hydrogen (secondary N) is 1. The second-order valence-corrected chi connectivity index (χ2v) is 7.70. The van der Waals surface area contributed by atoms with Crippen LogP contribution in [0.2, 0.25) is 0 Å². The number of ether oxygens (including phenoxy) is 3. The molecular weight excluding hydrogens is 342 g/mol. The zero-order chi connectivity index (χ0) is 19.4. The Morgan fingerprint density at radius 1 is 1.04 bits per heavy atom. The van der Waals surface area contributed by atoms with Crippen molar-refractivity contribution in [1.82, 2.24) is 5.32 Å². The van der Waals surface area contributed by atoms with E-state index in [9.17, 15) is 4.79 Å². The molecule has 0 aromatic heterocycles. The van der Waals surface area contributed by atoms with Crippen LogP contribution in [0.25, 0.3) is 0 Å². The number of amides is 1. The lowest BCUT2D eigenvalue weighted by atomic mass is 9.84. The van der Waals surface area contributed by atoms with Crippen molar-refractivity contribution in [2.24, 2.45) is 17.8 Å². The fourth-order valence-corrected chi connectivity index (χ4v) is 4.82. The summed E-state index contributed by atoms with van der Waals surface area (Å²) in [7, 11) is 0. The third-order valence-electron chi connectivity index (χ3n) is 5.97. The highest BCUT2D eigenvalue weighted by atomic mass is 16.5. The molecule has 5 heteroatoms. The van der Waals surface area contributed by atoms with Crippen LogP contribution in [0.15, 0.2) is 12.1 Å². The maximum atomic E-state index is 12.9. The highest BCUT2D eigenvalue weighted by Crippen LogP contribution is 2.49. The van der Waals surface area contributed by atoms with Crippen LogP contribution in [-0.4, -0.2) is 31.8 Å². The molecule has 5 nitrogen and oxygen atoms in total. The molecule has 1 N–H and O–H groups in total. The fourth-order valence-electron chi connectivity index (χ4n) is 4.82. The molecule has 0 aliphatic heterocycles. The summed E-state index contributed by atoms with van der Waals surface area (Å²) in [6.45, 7) is 9.40. The molecule has 1 aromatic carbocycles. The van der Waals surface area contributed by atoms with Crippen LogP contribution in [0.5, 0.6) is 17.2 Å². The number of rotatable bonds is 9. The Bertz CT molecular complexity index is 633. The summed E-state index contributed by atoms with van der Waals surface area (Å²) >= 11 is 0. The molecule has 0 spiro atoms. The van der Waals surface area contributed by atoms with Crippen molar-refractivity contribution in [1.29, 1.82) is 0 Å². The van der Waals surface area contributed by atoms with E-state index >= 15 is 0 Å². The summed E-state index contributed by atoms with van der Waals surface area (Å²) in [6, 6.07) is 3.71. The number of carbonyl (C=O) groups is 1. The van der Waals surface area contributed by atoms with Gasteiger partial charge in [-0.05, 0) is 76.8 Å². The summed E-state index contributed by atoms with van der Waals surface area (Å²) in [4.78, 5) is 12.9. The van der Waals surface area contributed by atoms with Crippen molar-refractivity contribution in [2.45, 2.75) is 59.4 Å². The van der Waals surface area contributed by atoms with E-state index in [4.69, 9.17) is 14.2 Å². The molecule has 0 heterocycles. The van der Waals surface area contributed by atoms with Gasteiger partial charge in [-0.15, -0.1) is 0 Å². The standard InChI is InChI=1S/C22H33NO4/c1-5-25-19-12-17(13-20(26-6-2)21(19)27-7-3)22(24)23-14(4)18-11-15-8-9-16(18)10-15/h12-16,18H,5-11H2,1-4H3,(H,23,24)/t14-,15+,16-,18+/m0/s1. The van der Waals surface area contributed by atoms with Gasteiger partial charge in [0.25, 0.3) is 5.91 Å². The van der Waals surface area contributed by atoms with E-state index in [1.807, 2.05) is 20.8 Å². The zero-order valence-electron chi connectivity index (χ0n) is 17.0. The topological polar surface area (TPSA) is 56.8 Å². The molecule has 0 radical (unpaired) electrons. The number of carbonyl (C=O) groups excluding carboxylic acids is 1. The van der Waals surface area contributed by atoms with Crippen molar-refractivity contribution in [3.63, 3.8) is 0 Å². The van der Waals surface area contributed by atoms with Crippen molar-refractivity contribution >= 4 is 5.91 Å². The van der Waals surface area contributed by atoms with Gasteiger partial charge in [0, 0.05) is 11.6 Å². The Kier molecular flexibility index (Phi) is 6.51. The number of hydrogen-bond acceptors (Lipinski definition) is 4. The third-order valence-corrected chi connectivity index (χ3v) is 5.97. The monoisotopic (exact) mass is 375 g/mol. The summed E-state index contributed by atoms with van der Waals surface area (Å²) in [5, 5.41) is 3.22. The molecule has 1 amide bonds. The zero-order valence-corrected chi connectivity index (χ0v) is 17.0. The van der Waals surface area contributed by atoms with Gasteiger partial charge in [-0.25, -0.2) is 0 Å².